The second kappa shape index (κ2) is 16.6. The molecule has 0 saturated carbocycles. The van der Waals surface area contributed by atoms with Gasteiger partial charge in [-0.2, -0.15) is 4.31 Å². The summed E-state index contributed by atoms with van der Waals surface area (Å²) in [5.41, 5.74) is 4.51. The molecule has 0 spiro atoms. The highest BCUT2D eigenvalue weighted by Gasteiger charge is 2.40. The van der Waals surface area contributed by atoms with E-state index in [-0.39, 0.29) is 24.1 Å². The lowest BCUT2D eigenvalue weighted by molar-refractivity contribution is -0.126. The molecule has 2 amide bonds. The predicted octanol–water partition coefficient (Wildman–Crippen LogP) is 5.99. The smallest absolute Gasteiger partial charge is 0.247 e. The maximum absolute atomic E-state index is 13.9. The van der Waals surface area contributed by atoms with E-state index in [1.54, 1.807) is 54.6 Å². The molecule has 3 aromatic carbocycles. The summed E-state index contributed by atoms with van der Waals surface area (Å²) in [6.07, 6.45) is 2.77. The minimum Gasteiger partial charge on any atom is -0.383 e. The van der Waals surface area contributed by atoms with Crippen molar-refractivity contribution in [1.82, 2.24) is 14.2 Å². The topological polar surface area (TPSA) is 125 Å². The minimum absolute atomic E-state index is 0.111. The fraction of sp³-hybridized carbons (Fsp3) is 0.316. The number of aliphatic imine (C=N–C) groups is 1. The Labute approximate surface area is 303 Å². The van der Waals surface area contributed by atoms with E-state index in [1.165, 1.54) is 16.1 Å². The number of carbonyl (C=O) groups excluding carboxylic acids is 2. The summed E-state index contributed by atoms with van der Waals surface area (Å²) in [4.78, 5) is 40.5. The number of nitrogens with zero attached hydrogens (tertiary/aromatic N) is 5. The van der Waals surface area contributed by atoms with Crippen molar-refractivity contribution in [2.24, 2.45) is 4.99 Å². The molecule has 1 N–H and O–H groups in total. The number of methoxy groups -OCH3 is 1. The number of nitrogens with one attached hydrogen (secondary N) is 1. The first-order chi connectivity index (χ1) is 24.8. The first kappa shape index (κ1) is 36.2. The van der Waals surface area contributed by atoms with Crippen LogP contribution in [0.4, 0.5) is 17.1 Å². The van der Waals surface area contributed by atoms with Crippen molar-refractivity contribution in [2.45, 2.75) is 43.4 Å². The first-order valence-electron chi connectivity index (χ1n) is 17.0. The molecule has 2 saturated heterocycles. The van der Waals surface area contributed by atoms with Gasteiger partial charge in [-0.05, 0) is 79.4 Å². The Morgan fingerprint density at radius 1 is 1.02 bits per heavy atom. The number of thioether (sulfide) groups is 1. The van der Waals surface area contributed by atoms with Crippen LogP contribution in [0.25, 0.3) is 0 Å². The van der Waals surface area contributed by atoms with E-state index in [4.69, 9.17) is 9.73 Å². The minimum atomic E-state index is -3.69. The number of aromatic nitrogens is 1. The van der Waals surface area contributed by atoms with Crippen molar-refractivity contribution in [3.05, 3.63) is 120 Å². The van der Waals surface area contributed by atoms with Gasteiger partial charge in [0.2, 0.25) is 21.8 Å². The van der Waals surface area contributed by atoms with E-state index in [9.17, 15) is 18.0 Å². The van der Waals surface area contributed by atoms with Gasteiger partial charge in [0.15, 0.2) is 5.17 Å². The average molecular weight is 727 g/mol. The Bertz CT molecular complexity index is 1930. The highest BCUT2D eigenvalue weighted by molar-refractivity contribution is 8.15. The fourth-order valence-electron chi connectivity index (χ4n) is 6.24. The van der Waals surface area contributed by atoms with Crippen molar-refractivity contribution in [2.75, 3.05) is 43.6 Å². The zero-order valence-corrected chi connectivity index (χ0v) is 30.4. The fourth-order valence-corrected chi connectivity index (χ4v) is 9.19. The van der Waals surface area contributed by atoms with E-state index in [0.29, 0.717) is 42.4 Å². The Morgan fingerprint density at radius 3 is 2.45 bits per heavy atom. The van der Waals surface area contributed by atoms with Crippen molar-refractivity contribution in [3.8, 4) is 0 Å². The van der Waals surface area contributed by atoms with Crippen LogP contribution >= 0.6 is 11.8 Å². The van der Waals surface area contributed by atoms with Crippen LogP contribution in [0.1, 0.15) is 41.8 Å². The number of likely N-dealkylation sites (N-methyl/N-ethyl adjacent to an activating group) is 1. The van der Waals surface area contributed by atoms with E-state index >= 15 is 0 Å². The lowest BCUT2D eigenvalue weighted by atomic mass is 10.1. The number of ether oxygens (including phenoxy) is 1. The summed E-state index contributed by atoms with van der Waals surface area (Å²) < 4.78 is 33.1. The molecule has 266 valence electrons. The van der Waals surface area contributed by atoms with Crippen LogP contribution in [0.3, 0.4) is 0 Å². The molecule has 4 aromatic rings. The lowest BCUT2D eigenvalue weighted by Gasteiger charge is -2.23. The average Bonchev–Trinajstić information content (AvgIpc) is 3.77. The molecule has 11 nitrogen and oxygen atoms in total. The standard InChI is InChI=1S/C38H42N6O5S2/c1-3-42(24-25-49-2)33-20-18-31(19-21-33)41-38-43(26-32-12-7-8-22-39-32)37(46)35(50-38)29-14-16-30(17-15-29)40-36(45)34-13-9-23-44(34)51(47,48)27-28-10-5-4-6-11-28/h4-8,10-12,14-22,34-35H,3,9,13,23-27H2,1-2H3,(H,40,45)/t34-,35?/m0/s1. The van der Waals surface area contributed by atoms with Gasteiger partial charge in [0.25, 0.3) is 0 Å². The number of rotatable bonds is 14. The molecule has 1 unspecified atom stereocenters. The number of hydrogen-bond acceptors (Lipinski definition) is 9. The second-order valence-electron chi connectivity index (χ2n) is 12.3. The molecule has 0 aliphatic carbocycles. The first-order valence-corrected chi connectivity index (χ1v) is 19.5. The van der Waals surface area contributed by atoms with E-state index < -0.39 is 21.3 Å². The van der Waals surface area contributed by atoms with Gasteiger partial charge in [0, 0.05) is 44.3 Å². The van der Waals surface area contributed by atoms with Gasteiger partial charge in [-0.1, -0.05) is 60.3 Å². The molecule has 6 rings (SSSR count). The Morgan fingerprint density at radius 2 is 1.76 bits per heavy atom. The van der Waals surface area contributed by atoms with Gasteiger partial charge in [-0.15, -0.1) is 0 Å². The van der Waals surface area contributed by atoms with Crippen LogP contribution in [0.5, 0.6) is 0 Å². The predicted molar refractivity (Wildman–Crippen MR) is 202 cm³/mol. The summed E-state index contributed by atoms with van der Waals surface area (Å²) in [6.45, 7) is 4.95. The molecule has 13 heteroatoms. The molecule has 1 aromatic heterocycles. The molecule has 0 radical (unpaired) electrons. The van der Waals surface area contributed by atoms with E-state index in [0.717, 1.165) is 35.7 Å². The number of sulfonamides is 1. The zero-order chi connectivity index (χ0) is 35.8. The molecular formula is C38H42N6O5S2. The summed E-state index contributed by atoms with van der Waals surface area (Å²) in [6, 6.07) is 28.9. The Balaban J connectivity index is 1.16. The van der Waals surface area contributed by atoms with Crippen molar-refractivity contribution < 1.29 is 22.7 Å². The third kappa shape index (κ3) is 8.85. The molecule has 2 fully saturated rings. The molecule has 2 atom stereocenters. The van der Waals surface area contributed by atoms with Gasteiger partial charge in [0.1, 0.15) is 11.3 Å². The summed E-state index contributed by atoms with van der Waals surface area (Å²) in [7, 11) is -1.99. The zero-order valence-electron chi connectivity index (χ0n) is 28.7. The molecule has 2 aliphatic rings. The van der Waals surface area contributed by atoms with Crippen LogP contribution in [0.15, 0.2) is 108 Å². The van der Waals surface area contributed by atoms with Gasteiger partial charge in [-0.25, -0.2) is 13.4 Å². The number of amidine groups is 1. The SMILES string of the molecule is CCN(CCOC)c1ccc(N=C2SC(c3ccc(NC(=O)[C@@H]4CCCN4S(=O)(=O)Cc4ccccc4)cc3)C(=O)N2Cc2ccccn2)cc1. The van der Waals surface area contributed by atoms with Crippen LogP contribution in [0, 0.1) is 0 Å². The van der Waals surface area contributed by atoms with Crippen LogP contribution in [-0.2, 0) is 36.6 Å². The van der Waals surface area contributed by atoms with Gasteiger partial charge in [-0.3, -0.25) is 19.5 Å². The van der Waals surface area contributed by atoms with Gasteiger partial charge >= 0.3 is 0 Å². The van der Waals surface area contributed by atoms with E-state index in [1.807, 2.05) is 60.7 Å². The largest absolute Gasteiger partial charge is 0.383 e. The third-order valence-corrected chi connectivity index (χ3v) is 12.0. The molecule has 2 aliphatic heterocycles. The van der Waals surface area contributed by atoms with Crippen molar-refractivity contribution >= 4 is 55.8 Å². The molecule has 3 heterocycles. The van der Waals surface area contributed by atoms with Gasteiger partial charge in [0.05, 0.1) is 30.3 Å². The van der Waals surface area contributed by atoms with Crippen molar-refractivity contribution in [1.29, 1.82) is 0 Å². The highest BCUT2D eigenvalue weighted by Crippen LogP contribution is 2.41. The normalized spacial score (nSPS) is 18.7. The highest BCUT2D eigenvalue weighted by atomic mass is 32.2. The number of benzene rings is 3. The number of anilines is 2. The van der Waals surface area contributed by atoms with Crippen molar-refractivity contribution in [3.63, 3.8) is 0 Å². The third-order valence-electron chi connectivity index (χ3n) is 8.91. The van der Waals surface area contributed by atoms with Crippen LogP contribution in [-0.4, -0.2) is 79.0 Å². The Kier molecular flexibility index (Phi) is 11.8. The maximum atomic E-state index is 13.9. The number of hydrogen-bond donors (Lipinski definition) is 1. The van der Waals surface area contributed by atoms with Crippen LogP contribution < -0.4 is 10.2 Å². The Hall–Kier alpha value is -4.56. The van der Waals surface area contributed by atoms with Crippen LogP contribution in [0.2, 0.25) is 0 Å². The lowest BCUT2D eigenvalue weighted by Crippen LogP contribution is -2.43. The number of carbonyl (C=O) groups is 2. The van der Waals surface area contributed by atoms with E-state index in [2.05, 4.69) is 22.1 Å². The molecule has 0 bridgehead atoms. The van der Waals surface area contributed by atoms with Gasteiger partial charge < -0.3 is 15.0 Å². The number of pyridine rings is 1. The monoisotopic (exact) mass is 726 g/mol. The summed E-state index contributed by atoms with van der Waals surface area (Å²) >= 11 is 1.37. The molecular weight excluding hydrogens is 685 g/mol. The quantitative estimate of drug-likeness (QED) is 0.168. The number of amides is 2. The second-order valence-corrected chi connectivity index (χ2v) is 15.3. The maximum Gasteiger partial charge on any atom is 0.247 e. The summed E-state index contributed by atoms with van der Waals surface area (Å²) in [5.74, 6) is -0.634. The summed E-state index contributed by atoms with van der Waals surface area (Å²) in [5, 5.41) is 2.93. The molecule has 51 heavy (non-hydrogen) atoms.